The smallest absolute Gasteiger partial charge is 0.264 e. The van der Waals surface area contributed by atoms with Crippen LogP contribution < -0.4 is 5.32 Å². The monoisotopic (exact) mass is 233 g/mol. The topological polar surface area (TPSA) is 66.4 Å². The van der Waals surface area contributed by atoms with E-state index in [1.54, 1.807) is 24.3 Å². The maximum absolute atomic E-state index is 12.1. The van der Waals surface area contributed by atoms with Crippen molar-refractivity contribution in [2.75, 3.05) is 5.32 Å². The van der Waals surface area contributed by atoms with Crippen molar-refractivity contribution in [1.29, 1.82) is 0 Å². The first kappa shape index (κ1) is 11.8. The summed E-state index contributed by atoms with van der Waals surface area (Å²) in [5.41, 5.74) is -1.04. The molecule has 0 fully saturated rings. The first-order valence-electron chi connectivity index (χ1n) is 5.77. The summed E-state index contributed by atoms with van der Waals surface area (Å²) in [5.74, 6) is -1.11. The molecule has 0 bridgehead atoms. The SMILES string of the molecule is CCCC[C@]1(O)C(=O)Nc2ccccc2C1=O. The van der Waals surface area contributed by atoms with Gasteiger partial charge in [0.1, 0.15) is 0 Å². The van der Waals surface area contributed by atoms with Crippen molar-refractivity contribution in [2.45, 2.75) is 31.8 Å². The summed E-state index contributed by atoms with van der Waals surface area (Å²) in [4.78, 5) is 24.0. The number of hydrogen-bond acceptors (Lipinski definition) is 3. The Kier molecular flexibility index (Phi) is 2.98. The fourth-order valence-corrected chi connectivity index (χ4v) is 2.00. The maximum Gasteiger partial charge on any atom is 0.264 e. The standard InChI is InChI=1S/C13H15NO3/c1-2-3-8-13(17)11(15)9-6-4-5-7-10(9)14-12(13)16/h4-7,17H,2-3,8H2,1H3,(H,14,16)/t13-/m1/s1. The summed E-state index contributed by atoms with van der Waals surface area (Å²) in [5, 5.41) is 12.8. The molecule has 1 heterocycles. The molecule has 1 aromatic rings. The Bertz CT molecular complexity index is 469. The number of fused-ring (bicyclic) bond motifs is 1. The zero-order chi connectivity index (χ0) is 12.5. The Hall–Kier alpha value is -1.68. The van der Waals surface area contributed by atoms with Crippen LogP contribution in [0.3, 0.4) is 0 Å². The van der Waals surface area contributed by atoms with Gasteiger partial charge in [0.2, 0.25) is 11.4 Å². The van der Waals surface area contributed by atoms with Crippen LogP contribution >= 0.6 is 0 Å². The van der Waals surface area contributed by atoms with E-state index in [0.29, 0.717) is 17.7 Å². The van der Waals surface area contributed by atoms with E-state index in [4.69, 9.17) is 0 Å². The zero-order valence-corrected chi connectivity index (χ0v) is 9.69. The van der Waals surface area contributed by atoms with Gasteiger partial charge >= 0.3 is 0 Å². The van der Waals surface area contributed by atoms with E-state index in [1.807, 2.05) is 6.92 Å². The predicted octanol–water partition coefficient (Wildman–Crippen LogP) is 1.74. The van der Waals surface area contributed by atoms with E-state index in [1.165, 1.54) is 0 Å². The Morgan fingerprint density at radius 2 is 2.00 bits per heavy atom. The number of nitrogens with one attached hydrogen (secondary N) is 1. The van der Waals surface area contributed by atoms with Gasteiger partial charge in [-0.1, -0.05) is 25.5 Å². The number of benzene rings is 1. The third kappa shape index (κ3) is 1.85. The minimum Gasteiger partial charge on any atom is -0.373 e. The van der Waals surface area contributed by atoms with Crippen molar-refractivity contribution in [1.82, 2.24) is 0 Å². The highest BCUT2D eigenvalue weighted by molar-refractivity contribution is 6.26. The predicted molar refractivity (Wildman–Crippen MR) is 63.9 cm³/mol. The molecule has 0 aromatic heterocycles. The Morgan fingerprint density at radius 3 is 2.71 bits per heavy atom. The van der Waals surface area contributed by atoms with Gasteiger partial charge in [0.25, 0.3) is 5.91 Å². The van der Waals surface area contributed by atoms with Gasteiger partial charge in [-0.25, -0.2) is 0 Å². The molecule has 17 heavy (non-hydrogen) atoms. The third-order valence-corrected chi connectivity index (χ3v) is 3.06. The normalized spacial score (nSPS) is 23.2. The van der Waals surface area contributed by atoms with Gasteiger partial charge in [-0.05, 0) is 25.0 Å². The molecular formula is C13H15NO3. The zero-order valence-electron chi connectivity index (χ0n) is 9.69. The van der Waals surface area contributed by atoms with Crippen molar-refractivity contribution >= 4 is 17.4 Å². The van der Waals surface area contributed by atoms with Crippen LogP contribution in [0, 0.1) is 0 Å². The summed E-state index contributed by atoms with van der Waals surface area (Å²) in [6.45, 7) is 1.95. The lowest BCUT2D eigenvalue weighted by Gasteiger charge is -2.30. The molecule has 2 rings (SSSR count). The van der Waals surface area contributed by atoms with Gasteiger partial charge in [-0.2, -0.15) is 0 Å². The Labute approximate surface area is 99.6 Å². The van der Waals surface area contributed by atoms with E-state index < -0.39 is 17.3 Å². The molecule has 1 aliphatic rings. The number of amides is 1. The largest absolute Gasteiger partial charge is 0.373 e. The third-order valence-electron chi connectivity index (χ3n) is 3.06. The molecule has 1 aromatic carbocycles. The van der Waals surface area contributed by atoms with E-state index >= 15 is 0 Å². The summed E-state index contributed by atoms with van der Waals surface area (Å²) >= 11 is 0. The molecule has 4 nitrogen and oxygen atoms in total. The number of unbranched alkanes of at least 4 members (excludes halogenated alkanes) is 1. The number of anilines is 1. The van der Waals surface area contributed by atoms with Gasteiger partial charge in [0.05, 0.1) is 5.69 Å². The summed E-state index contributed by atoms with van der Waals surface area (Å²) in [6, 6.07) is 6.73. The van der Waals surface area contributed by atoms with E-state index in [9.17, 15) is 14.7 Å². The molecular weight excluding hydrogens is 218 g/mol. The Morgan fingerprint density at radius 1 is 1.29 bits per heavy atom. The van der Waals surface area contributed by atoms with Crippen LogP contribution in [0.15, 0.2) is 24.3 Å². The number of para-hydroxylation sites is 1. The number of carbonyl (C=O) groups excluding carboxylic acids is 2. The highest BCUT2D eigenvalue weighted by atomic mass is 16.3. The van der Waals surface area contributed by atoms with Gasteiger partial charge in [-0.15, -0.1) is 0 Å². The lowest BCUT2D eigenvalue weighted by molar-refractivity contribution is -0.130. The van der Waals surface area contributed by atoms with Crippen LogP contribution in [-0.4, -0.2) is 22.4 Å². The minimum atomic E-state index is -1.90. The fourth-order valence-electron chi connectivity index (χ4n) is 2.00. The fraction of sp³-hybridized carbons (Fsp3) is 0.385. The minimum absolute atomic E-state index is 0.169. The van der Waals surface area contributed by atoms with Gasteiger partial charge < -0.3 is 10.4 Å². The number of hydrogen-bond donors (Lipinski definition) is 2. The number of rotatable bonds is 3. The Balaban J connectivity index is 2.39. The second kappa shape index (κ2) is 4.30. The molecule has 2 N–H and O–H groups in total. The summed E-state index contributed by atoms with van der Waals surface area (Å²) in [7, 11) is 0. The van der Waals surface area contributed by atoms with Gasteiger partial charge in [0.15, 0.2) is 0 Å². The number of carbonyl (C=O) groups is 2. The van der Waals surface area contributed by atoms with Crippen LogP contribution in [-0.2, 0) is 4.79 Å². The summed E-state index contributed by atoms with van der Waals surface area (Å²) in [6.07, 6.45) is 1.63. The van der Waals surface area contributed by atoms with E-state index in [-0.39, 0.29) is 6.42 Å². The highest BCUT2D eigenvalue weighted by Crippen LogP contribution is 2.30. The van der Waals surface area contributed by atoms with Crippen LogP contribution in [0.1, 0.15) is 36.5 Å². The van der Waals surface area contributed by atoms with Crippen LogP contribution in [0.4, 0.5) is 5.69 Å². The van der Waals surface area contributed by atoms with Crippen molar-refractivity contribution in [3.8, 4) is 0 Å². The van der Waals surface area contributed by atoms with Gasteiger partial charge in [-0.3, -0.25) is 9.59 Å². The highest BCUT2D eigenvalue weighted by Gasteiger charge is 2.47. The molecule has 0 spiro atoms. The van der Waals surface area contributed by atoms with Crippen molar-refractivity contribution < 1.29 is 14.7 Å². The second-order valence-electron chi connectivity index (χ2n) is 4.29. The molecule has 0 saturated heterocycles. The average molecular weight is 233 g/mol. The molecule has 0 saturated carbocycles. The van der Waals surface area contributed by atoms with E-state index in [0.717, 1.165) is 6.42 Å². The van der Waals surface area contributed by atoms with Crippen molar-refractivity contribution in [2.24, 2.45) is 0 Å². The van der Waals surface area contributed by atoms with Crippen LogP contribution in [0.2, 0.25) is 0 Å². The quantitative estimate of drug-likeness (QED) is 0.781. The maximum atomic E-state index is 12.1. The molecule has 1 atom stereocenters. The van der Waals surface area contributed by atoms with Crippen LogP contribution in [0.25, 0.3) is 0 Å². The lowest BCUT2D eigenvalue weighted by Crippen LogP contribution is -2.53. The molecule has 1 amide bonds. The van der Waals surface area contributed by atoms with Crippen LogP contribution in [0.5, 0.6) is 0 Å². The first-order valence-corrected chi connectivity index (χ1v) is 5.77. The van der Waals surface area contributed by atoms with E-state index in [2.05, 4.69) is 5.32 Å². The van der Waals surface area contributed by atoms with Gasteiger partial charge in [0, 0.05) is 5.56 Å². The lowest BCUT2D eigenvalue weighted by atomic mass is 9.83. The molecule has 1 aliphatic heterocycles. The van der Waals surface area contributed by atoms with Crippen molar-refractivity contribution in [3.05, 3.63) is 29.8 Å². The van der Waals surface area contributed by atoms with Crippen molar-refractivity contribution in [3.63, 3.8) is 0 Å². The molecule has 0 aliphatic carbocycles. The number of Topliss-reactive ketones (excluding diaryl/α,β-unsaturated/α-hetero) is 1. The second-order valence-corrected chi connectivity index (χ2v) is 4.29. The summed E-state index contributed by atoms with van der Waals surface area (Å²) < 4.78 is 0. The molecule has 0 unspecified atom stereocenters. The molecule has 90 valence electrons. The molecule has 4 heteroatoms. The number of aliphatic hydroxyl groups is 1. The first-order chi connectivity index (χ1) is 8.09. The number of ketones is 1. The average Bonchev–Trinajstić information content (AvgIpc) is 2.34. The molecule has 0 radical (unpaired) electrons.